The molecule has 0 saturated heterocycles. The Hall–Kier alpha value is -3.33. The smallest absolute Gasteiger partial charge is 0.306 e. The second-order valence-corrected chi connectivity index (χ2v) is 22.9. The number of likely N-dealkylation sites (N-methyl/N-ethyl adjacent to an activating group) is 1. The zero-order chi connectivity index (χ0) is 55.7. The van der Waals surface area contributed by atoms with Gasteiger partial charge in [-0.15, -0.1) is 0 Å². The summed E-state index contributed by atoms with van der Waals surface area (Å²) in [5.41, 5.74) is 0. The molecule has 0 aliphatic carbocycles. The lowest BCUT2D eigenvalue weighted by molar-refractivity contribution is -0.870. The van der Waals surface area contributed by atoms with E-state index >= 15 is 0 Å². The number of carbonyl (C=O) groups is 2. The molecule has 0 heterocycles. The Bertz CT molecular complexity index is 1670. The van der Waals surface area contributed by atoms with E-state index in [0.29, 0.717) is 23.9 Å². The summed E-state index contributed by atoms with van der Waals surface area (Å²) in [6, 6.07) is -0.925. The quantitative estimate of drug-likeness (QED) is 0.0212. The molecule has 0 bridgehead atoms. The number of quaternary nitrogens is 1. The third-order valence-electron chi connectivity index (χ3n) is 12.9. The maximum absolute atomic E-state index is 13.5. The first kappa shape index (κ1) is 72.7. The zero-order valence-electron chi connectivity index (χ0n) is 49.7. The number of rotatable bonds is 54. The Labute approximate surface area is 468 Å². The first-order valence-corrected chi connectivity index (χ1v) is 32.2. The Morgan fingerprint density at radius 3 is 1.22 bits per heavy atom. The monoisotopic (exact) mass is 1080 g/mol. The van der Waals surface area contributed by atoms with Crippen LogP contribution in [0.2, 0.25) is 0 Å². The number of esters is 1. The molecule has 9 nitrogen and oxygen atoms in total. The summed E-state index contributed by atoms with van der Waals surface area (Å²) >= 11 is 0. The van der Waals surface area contributed by atoms with Crippen molar-refractivity contribution in [1.82, 2.24) is 5.32 Å². The van der Waals surface area contributed by atoms with Crippen molar-refractivity contribution >= 4 is 19.7 Å². The van der Waals surface area contributed by atoms with E-state index < -0.39 is 26.6 Å². The van der Waals surface area contributed by atoms with Gasteiger partial charge in [-0.05, 0) is 122 Å². The highest BCUT2D eigenvalue weighted by Gasteiger charge is 2.27. The van der Waals surface area contributed by atoms with Crippen molar-refractivity contribution in [2.75, 3.05) is 40.9 Å². The Balaban J connectivity index is 5.42. The molecule has 3 unspecified atom stereocenters. The minimum absolute atomic E-state index is 0.0397. The maximum Gasteiger partial charge on any atom is 0.306 e. The van der Waals surface area contributed by atoms with Crippen LogP contribution in [-0.4, -0.2) is 69.4 Å². The number of carbonyl (C=O) groups excluding carboxylic acids is 2. The topological polar surface area (TPSA) is 114 Å². The lowest BCUT2D eigenvalue weighted by Gasteiger charge is -2.30. The van der Waals surface area contributed by atoms with Crippen molar-refractivity contribution in [3.63, 3.8) is 0 Å². The fourth-order valence-electron chi connectivity index (χ4n) is 8.13. The van der Waals surface area contributed by atoms with E-state index in [4.69, 9.17) is 13.8 Å². The van der Waals surface area contributed by atoms with Crippen LogP contribution in [0.5, 0.6) is 0 Å². The van der Waals surface area contributed by atoms with Crippen LogP contribution in [0.15, 0.2) is 109 Å². The van der Waals surface area contributed by atoms with Gasteiger partial charge < -0.3 is 28.5 Å². The number of nitrogens with zero attached hydrogens (tertiary/aromatic N) is 1. The lowest BCUT2D eigenvalue weighted by atomic mass is 10.1. The molecule has 0 radical (unpaired) electrons. The number of hydrogen-bond donors (Lipinski definition) is 1. The second-order valence-electron chi connectivity index (χ2n) is 21.5. The first-order valence-electron chi connectivity index (χ1n) is 30.7. The molecule has 1 N–H and O–H groups in total. The highest BCUT2D eigenvalue weighted by atomic mass is 31.2. The van der Waals surface area contributed by atoms with Crippen LogP contribution in [0.25, 0.3) is 0 Å². The molecule has 3 atom stereocenters. The highest BCUT2D eigenvalue weighted by molar-refractivity contribution is 7.45. The fraction of sp³-hybridized carbons (Fsp3) is 0.697. The van der Waals surface area contributed by atoms with Crippen molar-refractivity contribution in [2.24, 2.45) is 0 Å². The van der Waals surface area contributed by atoms with E-state index in [1.807, 2.05) is 33.3 Å². The molecular formula is C66H115N2O7P. The van der Waals surface area contributed by atoms with Gasteiger partial charge in [-0.1, -0.05) is 220 Å². The van der Waals surface area contributed by atoms with Crippen molar-refractivity contribution in [2.45, 2.75) is 258 Å². The summed E-state index contributed by atoms with van der Waals surface area (Å²) in [5.74, 6) is -0.620. The maximum atomic E-state index is 13.5. The van der Waals surface area contributed by atoms with Crippen LogP contribution >= 0.6 is 7.82 Å². The summed E-state index contributed by atoms with van der Waals surface area (Å²) in [7, 11) is 1.13. The average molecular weight is 1080 g/mol. The third kappa shape index (κ3) is 55.4. The molecule has 76 heavy (non-hydrogen) atoms. The molecule has 0 aromatic carbocycles. The van der Waals surface area contributed by atoms with Gasteiger partial charge in [0.1, 0.15) is 19.3 Å². The summed E-state index contributed by atoms with van der Waals surface area (Å²) in [6.45, 7) is 6.72. The molecule has 0 aliphatic rings. The predicted octanol–water partition coefficient (Wildman–Crippen LogP) is 18.3. The number of phosphoric ester groups is 1. The van der Waals surface area contributed by atoms with Gasteiger partial charge >= 0.3 is 5.97 Å². The van der Waals surface area contributed by atoms with Crippen molar-refractivity contribution in [3.8, 4) is 0 Å². The molecule has 0 rings (SSSR count). The number of unbranched alkanes of at least 4 members (excludes halogenated alkanes) is 22. The van der Waals surface area contributed by atoms with Gasteiger partial charge in [0.2, 0.25) is 5.91 Å². The van der Waals surface area contributed by atoms with Gasteiger partial charge in [0.25, 0.3) is 7.82 Å². The molecule has 1 amide bonds. The number of nitrogens with one attached hydrogen (secondary N) is 1. The number of ether oxygens (including phenoxy) is 1. The van der Waals surface area contributed by atoms with Crippen molar-refractivity contribution in [1.29, 1.82) is 0 Å². The van der Waals surface area contributed by atoms with Crippen LogP contribution in [0.1, 0.15) is 245 Å². The van der Waals surface area contributed by atoms with E-state index in [1.165, 1.54) is 103 Å². The Morgan fingerprint density at radius 1 is 0.461 bits per heavy atom. The summed E-state index contributed by atoms with van der Waals surface area (Å²) in [5, 5.41) is 3.00. The van der Waals surface area contributed by atoms with Gasteiger partial charge in [-0.3, -0.25) is 14.2 Å². The van der Waals surface area contributed by atoms with E-state index in [2.05, 4.69) is 123 Å². The molecule has 0 aliphatic heterocycles. The normalized spacial score (nSPS) is 14.5. The second kappa shape index (κ2) is 55.0. The van der Waals surface area contributed by atoms with Crippen LogP contribution in [-0.2, 0) is 27.9 Å². The van der Waals surface area contributed by atoms with Crippen LogP contribution in [0.4, 0.5) is 0 Å². The minimum atomic E-state index is -4.72. The number of hydrogen-bond acceptors (Lipinski definition) is 7. The third-order valence-corrected chi connectivity index (χ3v) is 13.9. The van der Waals surface area contributed by atoms with E-state index in [9.17, 15) is 19.0 Å². The predicted molar refractivity (Wildman–Crippen MR) is 325 cm³/mol. The SMILES string of the molecule is CCCCC/C=C\C/C=C\C/C=C\C/C=C\CCCCCC(=O)NC(COP(=O)([O-])OCC[N+](C)(C)C)C(/C=C/CCCCCCCCCCCC)OC(=O)CCCCC/C=C\C/C=C\C/C=C\C/C=C\CCCCC. The first-order chi connectivity index (χ1) is 36.9. The average Bonchev–Trinajstić information content (AvgIpc) is 3.38. The van der Waals surface area contributed by atoms with Gasteiger partial charge in [0.05, 0.1) is 33.8 Å². The lowest BCUT2D eigenvalue weighted by Crippen LogP contribution is -2.47. The largest absolute Gasteiger partial charge is 0.756 e. The highest BCUT2D eigenvalue weighted by Crippen LogP contribution is 2.38. The molecule has 0 saturated carbocycles. The molecule has 0 aromatic rings. The van der Waals surface area contributed by atoms with Crippen LogP contribution in [0.3, 0.4) is 0 Å². The van der Waals surface area contributed by atoms with Crippen LogP contribution < -0.4 is 10.2 Å². The van der Waals surface area contributed by atoms with Gasteiger partial charge in [0.15, 0.2) is 0 Å². The van der Waals surface area contributed by atoms with Gasteiger partial charge in [-0.2, -0.15) is 0 Å². The molecule has 436 valence electrons. The van der Waals surface area contributed by atoms with Crippen LogP contribution in [0, 0.1) is 0 Å². The number of amides is 1. The molecule has 0 fully saturated rings. The zero-order valence-corrected chi connectivity index (χ0v) is 50.6. The minimum Gasteiger partial charge on any atom is -0.756 e. The molecule has 10 heteroatoms. The number of allylic oxidation sites excluding steroid dienone is 17. The summed E-state index contributed by atoms with van der Waals surface area (Å²) in [4.78, 5) is 40.0. The van der Waals surface area contributed by atoms with Gasteiger partial charge in [-0.25, -0.2) is 0 Å². The van der Waals surface area contributed by atoms with Crippen molar-refractivity contribution < 1.29 is 37.3 Å². The number of phosphoric acid groups is 1. The van der Waals surface area contributed by atoms with E-state index in [1.54, 1.807) is 0 Å². The van der Waals surface area contributed by atoms with Crippen molar-refractivity contribution in [3.05, 3.63) is 109 Å². The standard InChI is InChI=1S/C66H115N2O7P/c1-7-10-13-16-19-22-25-28-30-32-34-36-38-40-43-46-49-52-55-58-65(69)67-63(62-74-76(71,72)73-61-60-68(4,5)6)64(57-54-51-48-45-42-27-24-21-18-15-12-9-3)75-66(70)59-56-53-50-47-44-41-39-37-35-33-31-29-26-23-20-17-14-11-8-2/h19-20,22-23,28-31,34-37,40-41,43-44,54,57,63-64H,7-18,21,24-27,32-33,38-39,42,45-53,55-56,58-62H2,1-6H3,(H-,67,69,71,72)/b22-19-,23-20-,30-28-,31-29-,36-34-,37-35-,43-40-,44-41-,57-54+. The Kier molecular flexibility index (Phi) is 52.6. The Morgan fingerprint density at radius 2 is 0.803 bits per heavy atom. The molecular weight excluding hydrogens is 964 g/mol. The van der Waals surface area contributed by atoms with E-state index in [-0.39, 0.29) is 31.3 Å². The molecule has 0 spiro atoms. The summed E-state index contributed by atoms with van der Waals surface area (Å²) in [6.07, 6.45) is 74.8. The summed E-state index contributed by atoms with van der Waals surface area (Å²) < 4.78 is 30.2. The molecule has 0 aromatic heterocycles. The van der Waals surface area contributed by atoms with E-state index in [0.717, 1.165) is 96.3 Å². The van der Waals surface area contributed by atoms with Gasteiger partial charge in [0, 0.05) is 12.8 Å². The fourth-order valence-corrected chi connectivity index (χ4v) is 8.86.